The van der Waals surface area contributed by atoms with E-state index in [0.717, 1.165) is 22.7 Å². The molecular formula is C46H46N10O10S4. The molecule has 0 aliphatic carbocycles. The standard InChI is InChI=1S/2C23H23N5O5S2/c2*1-13-6-7-34-23(13)35(31,32)27-19-9-16(10-25-21(19)33-3)15-4-5-18-17(8-15)22(30)28(12-26-18)11-14(2)20(24)29/h2*4-10,12,14,27H,11H2,1-3H3,(H2,24,29)/t2*14-/m10/s1. The summed E-state index contributed by atoms with van der Waals surface area (Å²) >= 11 is 2.23. The first-order chi connectivity index (χ1) is 33.2. The van der Waals surface area contributed by atoms with Gasteiger partial charge in [0.2, 0.25) is 23.6 Å². The summed E-state index contributed by atoms with van der Waals surface area (Å²) < 4.78 is 70.4. The Labute approximate surface area is 409 Å². The van der Waals surface area contributed by atoms with E-state index in [0.29, 0.717) is 55.2 Å². The number of rotatable bonds is 16. The van der Waals surface area contributed by atoms with Crippen LogP contribution in [0.1, 0.15) is 25.0 Å². The first-order valence-corrected chi connectivity index (χ1v) is 25.7. The molecule has 24 heteroatoms. The fraction of sp³-hybridized carbons (Fsp3) is 0.217. The van der Waals surface area contributed by atoms with E-state index in [-0.39, 0.29) is 55.8 Å². The highest BCUT2D eigenvalue weighted by atomic mass is 32.3. The van der Waals surface area contributed by atoms with Gasteiger partial charge in [0.25, 0.3) is 31.2 Å². The summed E-state index contributed by atoms with van der Waals surface area (Å²) in [6.07, 6.45) is 5.83. The van der Waals surface area contributed by atoms with Crippen LogP contribution in [0.3, 0.4) is 0 Å². The number of aryl methyl sites for hydroxylation is 2. The van der Waals surface area contributed by atoms with Crippen molar-refractivity contribution in [1.82, 2.24) is 29.1 Å². The van der Waals surface area contributed by atoms with Gasteiger partial charge < -0.3 is 20.9 Å². The Morgan fingerprint density at radius 3 is 1.33 bits per heavy atom. The molecule has 0 spiro atoms. The number of sulfonamides is 2. The van der Waals surface area contributed by atoms with Crippen molar-refractivity contribution >= 4 is 87.7 Å². The van der Waals surface area contributed by atoms with Crippen molar-refractivity contribution in [2.75, 3.05) is 23.7 Å². The number of aromatic nitrogens is 6. The Hall–Kier alpha value is -7.54. The number of hydrogen-bond donors (Lipinski definition) is 4. The third kappa shape index (κ3) is 10.8. The van der Waals surface area contributed by atoms with E-state index in [4.69, 9.17) is 20.9 Å². The molecule has 0 unspecified atom stereocenters. The van der Waals surface area contributed by atoms with E-state index in [2.05, 4.69) is 29.4 Å². The molecule has 0 aliphatic rings. The van der Waals surface area contributed by atoms with Crippen LogP contribution in [0.15, 0.2) is 114 Å². The third-order valence-corrected chi connectivity index (χ3v) is 17.0. The number of benzene rings is 2. The van der Waals surface area contributed by atoms with Gasteiger partial charge in [-0.2, -0.15) is 0 Å². The lowest BCUT2D eigenvalue weighted by Gasteiger charge is -2.13. The largest absolute Gasteiger partial charge is 0.480 e. The Balaban J connectivity index is 0.000000206. The van der Waals surface area contributed by atoms with Crippen LogP contribution in [-0.2, 0) is 42.7 Å². The number of nitrogens with two attached hydrogens (primary N) is 2. The van der Waals surface area contributed by atoms with E-state index >= 15 is 0 Å². The molecule has 0 saturated carbocycles. The zero-order valence-corrected chi connectivity index (χ0v) is 41.6. The van der Waals surface area contributed by atoms with Gasteiger partial charge in [-0.3, -0.25) is 37.8 Å². The number of fused-ring (bicyclic) bond motifs is 2. The highest BCUT2D eigenvalue weighted by Gasteiger charge is 2.24. The molecule has 2 aromatic carbocycles. The molecule has 2 atom stereocenters. The summed E-state index contributed by atoms with van der Waals surface area (Å²) in [5.74, 6) is -1.88. The number of hydrogen-bond acceptors (Lipinski definition) is 16. The summed E-state index contributed by atoms with van der Waals surface area (Å²) in [4.78, 5) is 66.0. The topological polar surface area (TPSA) is 293 Å². The maximum absolute atomic E-state index is 13.0. The fourth-order valence-electron chi connectivity index (χ4n) is 7.05. The van der Waals surface area contributed by atoms with Crippen LogP contribution >= 0.6 is 22.7 Å². The van der Waals surface area contributed by atoms with E-state index in [1.807, 2.05) is 0 Å². The van der Waals surface area contributed by atoms with Crippen molar-refractivity contribution in [3.63, 3.8) is 0 Å². The van der Waals surface area contributed by atoms with E-state index < -0.39 is 43.7 Å². The smallest absolute Gasteiger partial charge is 0.271 e. The monoisotopic (exact) mass is 1030 g/mol. The molecule has 364 valence electrons. The van der Waals surface area contributed by atoms with E-state index in [1.165, 1.54) is 48.4 Å². The minimum absolute atomic E-state index is 0.108. The lowest BCUT2D eigenvalue weighted by molar-refractivity contribution is -0.122. The Bertz CT molecular complexity index is 3430. The molecule has 8 rings (SSSR count). The number of ether oxygens (including phenoxy) is 2. The summed E-state index contributed by atoms with van der Waals surface area (Å²) in [5.41, 5.74) is 15.0. The number of nitrogens with one attached hydrogen (secondary N) is 2. The summed E-state index contributed by atoms with van der Waals surface area (Å²) in [5, 5.41) is 4.09. The molecule has 20 nitrogen and oxygen atoms in total. The maximum Gasteiger partial charge on any atom is 0.271 e. The molecule has 6 N–H and O–H groups in total. The molecule has 2 amide bonds. The first-order valence-electron chi connectivity index (χ1n) is 21.0. The number of pyridine rings is 2. The quantitative estimate of drug-likeness (QED) is 0.0927. The molecule has 0 saturated heterocycles. The van der Waals surface area contributed by atoms with Crippen molar-refractivity contribution in [1.29, 1.82) is 0 Å². The highest BCUT2D eigenvalue weighted by Crippen LogP contribution is 2.34. The van der Waals surface area contributed by atoms with E-state index in [9.17, 15) is 36.0 Å². The van der Waals surface area contributed by atoms with Crippen LogP contribution in [-0.4, -0.2) is 71.9 Å². The van der Waals surface area contributed by atoms with Gasteiger partial charge >= 0.3 is 0 Å². The Kier molecular flexibility index (Phi) is 14.8. The van der Waals surface area contributed by atoms with Crippen molar-refractivity contribution in [2.24, 2.45) is 23.3 Å². The molecule has 0 bridgehead atoms. The summed E-state index contributed by atoms with van der Waals surface area (Å²) in [6.45, 7) is 6.93. The fourth-order valence-corrected chi connectivity index (χ4v) is 12.0. The molecule has 0 radical (unpaired) electrons. The molecule has 6 heterocycles. The summed E-state index contributed by atoms with van der Waals surface area (Å²) in [7, 11) is -4.91. The molecular weight excluding hydrogens is 981 g/mol. The van der Waals surface area contributed by atoms with Crippen LogP contribution in [0.5, 0.6) is 11.8 Å². The molecule has 70 heavy (non-hydrogen) atoms. The van der Waals surface area contributed by atoms with Crippen LogP contribution in [0.2, 0.25) is 0 Å². The third-order valence-electron chi connectivity index (χ3n) is 10.9. The molecule has 8 aromatic rings. The SMILES string of the molecule is COc1ncc(-c2ccc3ncn(C[C@@H](C)C(N)=O)c(=O)c3c2)cc1NS(=O)(=O)c1sccc1C.COc1ncc(-c2ccc3ncn(C[C@H](C)C(N)=O)c(=O)c3c2)cc1NS(=O)(=O)c1sccc1C. The van der Waals surface area contributed by atoms with Crippen molar-refractivity contribution in [3.05, 3.63) is 128 Å². The van der Waals surface area contributed by atoms with Gasteiger partial charge in [-0.25, -0.2) is 36.8 Å². The minimum Gasteiger partial charge on any atom is -0.480 e. The van der Waals surface area contributed by atoms with Gasteiger partial charge in [-0.1, -0.05) is 26.0 Å². The van der Waals surface area contributed by atoms with Gasteiger partial charge in [0, 0.05) is 36.6 Å². The van der Waals surface area contributed by atoms with Crippen LogP contribution in [0.25, 0.3) is 44.1 Å². The van der Waals surface area contributed by atoms with Gasteiger partial charge in [0.1, 0.15) is 19.8 Å². The van der Waals surface area contributed by atoms with Gasteiger partial charge in [-0.15, -0.1) is 22.7 Å². The first kappa shape index (κ1) is 50.3. The van der Waals surface area contributed by atoms with Crippen LogP contribution < -0.4 is 41.5 Å². The van der Waals surface area contributed by atoms with Crippen molar-refractivity contribution in [3.8, 4) is 34.0 Å². The molecule has 0 aliphatic heterocycles. The number of anilines is 2. The predicted octanol–water partition coefficient (Wildman–Crippen LogP) is 5.52. The second kappa shape index (κ2) is 20.6. The lowest BCUT2D eigenvalue weighted by atomic mass is 10.0. The number of amides is 2. The maximum atomic E-state index is 13.0. The summed E-state index contributed by atoms with van der Waals surface area (Å²) in [6, 6.07) is 16.9. The van der Waals surface area contributed by atoms with Crippen molar-refractivity contribution < 1.29 is 35.9 Å². The molecule has 6 aromatic heterocycles. The van der Waals surface area contributed by atoms with Crippen molar-refractivity contribution in [2.45, 2.75) is 49.2 Å². The number of nitrogens with zero attached hydrogens (tertiary/aromatic N) is 6. The second-order valence-electron chi connectivity index (χ2n) is 16.0. The van der Waals surface area contributed by atoms with E-state index in [1.54, 1.807) is 99.1 Å². The lowest BCUT2D eigenvalue weighted by Crippen LogP contribution is -2.30. The van der Waals surface area contributed by atoms with Crippen LogP contribution in [0, 0.1) is 25.7 Å². The normalized spacial score (nSPS) is 12.4. The number of primary amides is 2. The second-order valence-corrected chi connectivity index (χ2v) is 21.6. The number of methoxy groups -OCH3 is 2. The number of thiophene rings is 2. The zero-order valence-electron chi connectivity index (χ0n) is 38.4. The van der Waals surface area contributed by atoms with Gasteiger partial charge in [0.05, 0.1) is 60.5 Å². The molecule has 0 fully saturated rings. The van der Waals surface area contributed by atoms with Gasteiger partial charge in [0.15, 0.2) is 0 Å². The average Bonchev–Trinajstić information content (AvgIpc) is 3.99. The minimum atomic E-state index is -3.85. The number of carbonyl (C=O) groups is 2. The number of carbonyl (C=O) groups excluding carboxylic acids is 2. The van der Waals surface area contributed by atoms with Crippen LogP contribution in [0.4, 0.5) is 11.4 Å². The zero-order chi connectivity index (χ0) is 50.7. The Morgan fingerprint density at radius 2 is 1.00 bits per heavy atom. The Morgan fingerprint density at radius 1 is 0.614 bits per heavy atom. The predicted molar refractivity (Wildman–Crippen MR) is 268 cm³/mol. The highest BCUT2D eigenvalue weighted by molar-refractivity contribution is 7.95. The average molecular weight is 1030 g/mol. The van der Waals surface area contributed by atoms with Gasteiger partial charge in [-0.05, 0) is 95.4 Å².